The van der Waals surface area contributed by atoms with Gasteiger partial charge in [0.05, 0.1) is 12.2 Å². The first-order valence-electron chi connectivity index (χ1n) is 8.67. The van der Waals surface area contributed by atoms with E-state index >= 15 is 0 Å². The van der Waals surface area contributed by atoms with Crippen molar-refractivity contribution in [2.45, 2.75) is 19.3 Å². The van der Waals surface area contributed by atoms with Gasteiger partial charge in [0.15, 0.2) is 0 Å². The van der Waals surface area contributed by atoms with Crippen LogP contribution in [0.5, 0.6) is 5.88 Å². The fourth-order valence-electron chi connectivity index (χ4n) is 3.96. The van der Waals surface area contributed by atoms with Crippen LogP contribution >= 0.6 is 0 Å². The molecule has 1 atom stereocenters. The number of nitriles is 1. The fourth-order valence-corrected chi connectivity index (χ4v) is 3.96. The molecule has 0 fully saturated rings. The zero-order chi connectivity index (χ0) is 20.1. The zero-order valence-corrected chi connectivity index (χ0v) is 15.3. The number of benzene rings is 1. The molecule has 142 valence electrons. The lowest BCUT2D eigenvalue weighted by Gasteiger charge is -2.32. The van der Waals surface area contributed by atoms with Crippen LogP contribution in [0.25, 0.3) is 0 Å². The van der Waals surface area contributed by atoms with Gasteiger partial charge < -0.3 is 15.2 Å². The van der Waals surface area contributed by atoms with Crippen molar-refractivity contribution in [2.24, 2.45) is 5.73 Å². The van der Waals surface area contributed by atoms with Crippen molar-refractivity contribution >= 4 is 17.6 Å². The second-order valence-corrected chi connectivity index (χ2v) is 6.45. The van der Waals surface area contributed by atoms with Gasteiger partial charge in [-0.2, -0.15) is 5.26 Å². The maximum absolute atomic E-state index is 13.8. The molecule has 0 saturated carbocycles. The fraction of sp³-hybridized carbons (Fsp3) is 0.263. The Morgan fingerprint density at radius 1 is 1.46 bits per heavy atom. The Kier molecular flexibility index (Phi) is 3.85. The minimum Gasteiger partial charge on any atom is -0.465 e. The largest absolute Gasteiger partial charge is 0.465 e. The molecular formula is C19H17N5O4. The second-order valence-electron chi connectivity index (χ2n) is 6.45. The van der Waals surface area contributed by atoms with Crippen LogP contribution in [-0.4, -0.2) is 35.2 Å². The van der Waals surface area contributed by atoms with E-state index in [-0.39, 0.29) is 30.5 Å². The molecular weight excluding hydrogens is 362 g/mol. The predicted molar refractivity (Wildman–Crippen MR) is 97.0 cm³/mol. The van der Waals surface area contributed by atoms with Crippen molar-refractivity contribution < 1.29 is 19.1 Å². The summed E-state index contributed by atoms with van der Waals surface area (Å²) in [6.45, 7) is 3.34. The summed E-state index contributed by atoms with van der Waals surface area (Å²) in [5, 5.41) is 16.8. The monoisotopic (exact) mass is 379 g/mol. The number of nitrogens with one attached hydrogen (secondary N) is 1. The van der Waals surface area contributed by atoms with E-state index in [4.69, 9.17) is 15.2 Å². The molecule has 2 aromatic rings. The molecule has 9 heteroatoms. The van der Waals surface area contributed by atoms with Gasteiger partial charge in [-0.25, -0.2) is 0 Å². The lowest BCUT2D eigenvalue weighted by atomic mass is 9.69. The molecule has 0 saturated heterocycles. The maximum atomic E-state index is 13.8. The molecule has 4 rings (SSSR count). The number of carbonyl (C=O) groups excluding carboxylic acids is 2. The van der Waals surface area contributed by atoms with Crippen LogP contribution in [0.2, 0.25) is 0 Å². The van der Waals surface area contributed by atoms with Crippen LogP contribution in [0.15, 0.2) is 35.7 Å². The molecule has 1 aromatic heterocycles. The van der Waals surface area contributed by atoms with Crippen LogP contribution in [0.4, 0.5) is 5.69 Å². The summed E-state index contributed by atoms with van der Waals surface area (Å²) in [6.07, 6.45) is 0. The molecule has 9 nitrogen and oxygen atoms in total. The van der Waals surface area contributed by atoms with Gasteiger partial charge in [0.1, 0.15) is 23.6 Å². The molecule has 0 radical (unpaired) electrons. The number of fused-ring (bicyclic) bond motifs is 4. The summed E-state index contributed by atoms with van der Waals surface area (Å²) in [6, 6.07) is 9.02. The Hall–Kier alpha value is -3.80. The third-order valence-corrected chi connectivity index (χ3v) is 4.99. The normalized spacial score (nSPS) is 19.9. The molecule has 0 aliphatic carbocycles. The van der Waals surface area contributed by atoms with E-state index in [0.29, 0.717) is 22.5 Å². The molecule has 0 bridgehead atoms. The summed E-state index contributed by atoms with van der Waals surface area (Å²) >= 11 is 0. The molecule has 1 aromatic carbocycles. The van der Waals surface area contributed by atoms with E-state index in [9.17, 15) is 14.9 Å². The van der Waals surface area contributed by atoms with Crippen LogP contribution in [0.3, 0.4) is 0 Å². The second kappa shape index (κ2) is 6.13. The first-order chi connectivity index (χ1) is 13.5. The summed E-state index contributed by atoms with van der Waals surface area (Å²) in [7, 11) is 0. The molecule has 0 unspecified atom stereocenters. The number of ether oxygens (including phenoxy) is 2. The first kappa shape index (κ1) is 17.6. The van der Waals surface area contributed by atoms with Crippen molar-refractivity contribution in [3.63, 3.8) is 0 Å². The van der Waals surface area contributed by atoms with Crippen molar-refractivity contribution in [3.8, 4) is 11.9 Å². The molecule has 2 aliphatic rings. The maximum Gasteiger partial charge on any atom is 0.326 e. The highest BCUT2D eigenvalue weighted by Crippen LogP contribution is 2.55. The first-order valence-corrected chi connectivity index (χ1v) is 8.67. The Bertz CT molecular complexity index is 1080. The van der Waals surface area contributed by atoms with E-state index in [0.717, 1.165) is 0 Å². The van der Waals surface area contributed by atoms with Crippen LogP contribution < -0.4 is 15.4 Å². The summed E-state index contributed by atoms with van der Waals surface area (Å²) in [5.41, 5.74) is 6.46. The summed E-state index contributed by atoms with van der Waals surface area (Å²) in [5.74, 6) is -1.08. The number of H-pyrrole nitrogens is 1. The Morgan fingerprint density at radius 3 is 2.93 bits per heavy atom. The van der Waals surface area contributed by atoms with Crippen molar-refractivity contribution in [1.82, 2.24) is 10.2 Å². The SMILES string of the molecule is CCOC(=O)CN1C(=O)[C@@]2(C(C#N)=C(N)Oc3n[nH]c(C)c32)c2ccccc21. The van der Waals surface area contributed by atoms with Gasteiger partial charge in [0, 0.05) is 16.9 Å². The van der Waals surface area contributed by atoms with Gasteiger partial charge in [-0.3, -0.25) is 19.6 Å². The molecule has 3 N–H and O–H groups in total. The number of rotatable bonds is 3. The van der Waals surface area contributed by atoms with E-state index in [1.165, 1.54) is 4.90 Å². The highest BCUT2D eigenvalue weighted by Gasteiger charge is 2.60. The summed E-state index contributed by atoms with van der Waals surface area (Å²) < 4.78 is 10.5. The highest BCUT2D eigenvalue weighted by molar-refractivity contribution is 6.15. The van der Waals surface area contributed by atoms with Crippen molar-refractivity contribution in [1.29, 1.82) is 5.26 Å². The number of hydrogen-bond donors (Lipinski definition) is 2. The zero-order valence-electron chi connectivity index (χ0n) is 15.3. The lowest BCUT2D eigenvalue weighted by Crippen LogP contribution is -2.47. The molecule has 2 aliphatic heterocycles. The van der Waals surface area contributed by atoms with Gasteiger partial charge in [0.2, 0.25) is 17.7 Å². The predicted octanol–water partition coefficient (Wildman–Crippen LogP) is 1.00. The Balaban J connectivity index is 2.01. The third kappa shape index (κ3) is 2.08. The van der Waals surface area contributed by atoms with E-state index < -0.39 is 17.3 Å². The Morgan fingerprint density at radius 2 is 2.21 bits per heavy atom. The van der Waals surface area contributed by atoms with Crippen LogP contribution in [0.1, 0.15) is 23.7 Å². The van der Waals surface area contributed by atoms with E-state index in [1.54, 1.807) is 38.1 Å². The van der Waals surface area contributed by atoms with Gasteiger partial charge in [-0.15, -0.1) is 5.10 Å². The number of aromatic amines is 1. The topological polar surface area (TPSA) is 134 Å². The molecule has 1 amide bonds. The highest BCUT2D eigenvalue weighted by atomic mass is 16.5. The van der Waals surface area contributed by atoms with Crippen LogP contribution in [0, 0.1) is 18.3 Å². The number of aryl methyl sites for hydroxylation is 1. The number of amides is 1. The number of anilines is 1. The minimum absolute atomic E-state index is 0.0340. The Labute approximate surface area is 160 Å². The summed E-state index contributed by atoms with van der Waals surface area (Å²) in [4.78, 5) is 27.2. The average molecular weight is 379 g/mol. The number of para-hydroxylation sites is 1. The van der Waals surface area contributed by atoms with Gasteiger partial charge in [-0.05, 0) is 19.9 Å². The van der Waals surface area contributed by atoms with E-state index in [2.05, 4.69) is 10.2 Å². The number of hydrogen-bond acceptors (Lipinski definition) is 7. The van der Waals surface area contributed by atoms with Crippen molar-refractivity contribution in [2.75, 3.05) is 18.1 Å². The van der Waals surface area contributed by atoms with Crippen LogP contribution in [-0.2, 0) is 19.7 Å². The average Bonchev–Trinajstić information content (AvgIpc) is 3.15. The number of nitrogens with zero attached hydrogens (tertiary/aromatic N) is 3. The number of nitrogens with two attached hydrogens (primary N) is 1. The number of esters is 1. The van der Waals surface area contributed by atoms with Gasteiger partial charge in [-0.1, -0.05) is 18.2 Å². The van der Waals surface area contributed by atoms with Crippen molar-refractivity contribution in [3.05, 3.63) is 52.5 Å². The number of aromatic nitrogens is 2. The third-order valence-electron chi connectivity index (χ3n) is 4.99. The number of carbonyl (C=O) groups is 2. The smallest absolute Gasteiger partial charge is 0.326 e. The lowest BCUT2D eigenvalue weighted by molar-refractivity contribution is -0.142. The van der Waals surface area contributed by atoms with Gasteiger partial charge >= 0.3 is 5.97 Å². The molecule has 28 heavy (non-hydrogen) atoms. The molecule has 1 spiro atoms. The standard InChI is InChI=1S/C19H17N5O4/c1-3-27-14(25)9-24-13-7-5-4-6-11(13)19(18(24)26)12(8-20)16(21)28-17-15(19)10(2)22-23-17/h4-7H,3,9,21H2,1-2H3,(H,22,23)/t19-/m1/s1. The van der Waals surface area contributed by atoms with E-state index in [1.807, 2.05) is 6.07 Å². The minimum atomic E-state index is -1.54. The quantitative estimate of drug-likeness (QED) is 0.760. The molecule has 3 heterocycles. The van der Waals surface area contributed by atoms with Gasteiger partial charge in [0.25, 0.3) is 0 Å².